The highest BCUT2D eigenvalue weighted by molar-refractivity contribution is 5.76. The minimum atomic E-state index is -0.123. The molecule has 20 heavy (non-hydrogen) atoms. The predicted molar refractivity (Wildman–Crippen MR) is 80.2 cm³/mol. The average molecular weight is 272 g/mol. The van der Waals surface area contributed by atoms with Crippen LogP contribution < -0.4 is 11.1 Å². The van der Waals surface area contributed by atoms with Crippen molar-refractivity contribution in [3.05, 3.63) is 35.4 Å². The van der Waals surface area contributed by atoms with Gasteiger partial charge in [0.05, 0.1) is 0 Å². The van der Waals surface area contributed by atoms with Crippen LogP contribution in [0.5, 0.6) is 0 Å². The van der Waals surface area contributed by atoms with Gasteiger partial charge in [0.25, 0.3) is 0 Å². The molecular formula is C17H24N2O. The summed E-state index contributed by atoms with van der Waals surface area (Å²) in [5, 5.41) is 3.67. The number of nitrogens with two attached hydrogens (primary N) is 1. The monoisotopic (exact) mass is 272 g/mol. The number of hydrogen-bond acceptors (Lipinski definition) is 2. The van der Waals surface area contributed by atoms with Crippen LogP contribution in [0.25, 0.3) is 0 Å². The van der Waals surface area contributed by atoms with E-state index < -0.39 is 0 Å². The van der Waals surface area contributed by atoms with E-state index in [1.807, 2.05) is 0 Å². The smallest absolute Gasteiger partial charge is 0.220 e. The first-order chi connectivity index (χ1) is 9.74. The number of benzene rings is 1. The first kappa shape index (κ1) is 13.6. The number of rotatable bonds is 5. The lowest BCUT2D eigenvalue weighted by Crippen LogP contribution is -2.36. The second-order valence-electron chi connectivity index (χ2n) is 6.30. The number of amides is 1. The summed E-state index contributed by atoms with van der Waals surface area (Å²) in [4.78, 5) is 11.2. The molecule has 2 fully saturated rings. The van der Waals surface area contributed by atoms with Crippen molar-refractivity contribution in [3.63, 3.8) is 0 Å². The Morgan fingerprint density at radius 1 is 1.10 bits per heavy atom. The van der Waals surface area contributed by atoms with Gasteiger partial charge in [-0.05, 0) is 55.6 Å². The molecule has 1 amide bonds. The molecule has 1 aromatic rings. The van der Waals surface area contributed by atoms with Gasteiger partial charge < -0.3 is 11.1 Å². The molecule has 0 aromatic heterocycles. The van der Waals surface area contributed by atoms with Crippen molar-refractivity contribution < 1.29 is 4.79 Å². The van der Waals surface area contributed by atoms with Gasteiger partial charge in [0, 0.05) is 18.5 Å². The topological polar surface area (TPSA) is 55.1 Å². The number of primary amides is 1. The molecule has 1 aromatic carbocycles. The van der Waals surface area contributed by atoms with E-state index in [2.05, 4.69) is 29.6 Å². The molecule has 2 aliphatic carbocycles. The van der Waals surface area contributed by atoms with Crippen molar-refractivity contribution in [1.29, 1.82) is 0 Å². The predicted octanol–water partition coefficient (Wildman–Crippen LogP) is 2.70. The third-order valence-corrected chi connectivity index (χ3v) is 4.78. The van der Waals surface area contributed by atoms with Gasteiger partial charge in [-0.15, -0.1) is 0 Å². The average Bonchev–Trinajstić information content (AvgIpc) is 3.30. The maximum atomic E-state index is 11.2. The fraction of sp³-hybridized carbons (Fsp3) is 0.588. The van der Waals surface area contributed by atoms with Gasteiger partial charge in [-0.2, -0.15) is 0 Å². The minimum Gasteiger partial charge on any atom is -0.369 e. The third-order valence-electron chi connectivity index (χ3n) is 4.78. The fourth-order valence-electron chi connectivity index (χ4n) is 3.32. The third kappa shape index (κ3) is 3.21. The zero-order valence-corrected chi connectivity index (χ0v) is 12.0. The molecule has 3 N–H and O–H groups in total. The largest absolute Gasteiger partial charge is 0.369 e. The van der Waals surface area contributed by atoms with Crippen molar-refractivity contribution >= 4 is 5.91 Å². The van der Waals surface area contributed by atoms with Gasteiger partial charge in [-0.1, -0.05) is 24.3 Å². The van der Waals surface area contributed by atoms with Crippen molar-refractivity contribution in [2.45, 2.75) is 57.0 Å². The molecule has 108 valence electrons. The molecule has 3 rings (SSSR count). The lowest BCUT2D eigenvalue weighted by molar-refractivity contribution is -0.122. The SMILES string of the molecule is NC(=O)C1CCC(NCc2ccccc2C2CC2)CC1. The van der Waals surface area contributed by atoms with Crippen molar-refractivity contribution in [2.24, 2.45) is 11.7 Å². The van der Waals surface area contributed by atoms with Gasteiger partial charge in [-0.25, -0.2) is 0 Å². The van der Waals surface area contributed by atoms with Crippen LogP contribution in [0, 0.1) is 5.92 Å². The van der Waals surface area contributed by atoms with E-state index in [4.69, 9.17) is 5.73 Å². The molecule has 0 unspecified atom stereocenters. The van der Waals surface area contributed by atoms with Crippen LogP contribution in [0.1, 0.15) is 55.6 Å². The molecule has 0 saturated heterocycles. The van der Waals surface area contributed by atoms with Crippen LogP contribution in [0.15, 0.2) is 24.3 Å². The lowest BCUT2D eigenvalue weighted by atomic mass is 9.85. The molecule has 0 radical (unpaired) electrons. The Balaban J connectivity index is 1.52. The highest BCUT2D eigenvalue weighted by Crippen LogP contribution is 2.41. The van der Waals surface area contributed by atoms with Crippen LogP contribution in [0.3, 0.4) is 0 Å². The van der Waals surface area contributed by atoms with Crippen molar-refractivity contribution in [1.82, 2.24) is 5.32 Å². The standard InChI is InChI=1S/C17H24N2O/c18-17(20)13-7-9-15(10-8-13)19-11-14-3-1-2-4-16(14)12-5-6-12/h1-4,12-13,15,19H,5-11H2,(H2,18,20). The summed E-state index contributed by atoms with van der Waals surface area (Å²) in [6, 6.07) is 9.34. The van der Waals surface area contributed by atoms with Crippen LogP contribution in [-0.2, 0) is 11.3 Å². The minimum absolute atomic E-state index is 0.104. The Bertz CT molecular complexity index is 474. The molecule has 0 spiro atoms. The van der Waals surface area contributed by atoms with Crippen LogP contribution in [0.2, 0.25) is 0 Å². The van der Waals surface area contributed by atoms with Crippen molar-refractivity contribution in [3.8, 4) is 0 Å². The molecule has 0 heterocycles. The fourth-order valence-corrected chi connectivity index (χ4v) is 3.32. The highest BCUT2D eigenvalue weighted by Gasteiger charge is 2.27. The Kier molecular flexibility index (Phi) is 4.06. The molecule has 0 atom stereocenters. The molecule has 0 aliphatic heterocycles. The van der Waals surface area contributed by atoms with Gasteiger partial charge in [-0.3, -0.25) is 4.79 Å². The second-order valence-corrected chi connectivity index (χ2v) is 6.30. The van der Waals surface area contributed by atoms with E-state index in [0.717, 1.165) is 38.1 Å². The number of carbonyl (C=O) groups is 1. The van der Waals surface area contributed by atoms with Crippen LogP contribution in [-0.4, -0.2) is 11.9 Å². The number of hydrogen-bond donors (Lipinski definition) is 2. The van der Waals surface area contributed by atoms with E-state index >= 15 is 0 Å². The zero-order valence-electron chi connectivity index (χ0n) is 12.0. The molecular weight excluding hydrogens is 248 g/mol. The molecule has 2 saturated carbocycles. The summed E-state index contributed by atoms with van der Waals surface area (Å²) >= 11 is 0. The van der Waals surface area contributed by atoms with Gasteiger partial charge in [0.2, 0.25) is 5.91 Å². The van der Waals surface area contributed by atoms with Gasteiger partial charge in [0.15, 0.2) is 0 Å². The molecule has 2 aliphatic rings. The quantitative estimate of drug-likeness (QED) is 0.866. The maximum absolute atomic E-state index is 11.2. The summed E-state index contributed by atoms with van der Waals surface area (Å²) in [6.45, 7) is 0.957. The van der Waals surface area contributed by atoms with E-state index in [1.165, 1.54) is 24.0 Å². The van der Waals surface area contributed by atoms with Crippen molar-refractivity contribution in [2.75, 3.05) is 0 Å². The second kappa shape index (κ2) is 5.96. The highest BCUT2D eigenvalue weighted by atomic mass is 16.1. The van der Waals surface area contributed by atoms with E-state index in [-0.39, 0.29) is 11.8 Å². The zero-order chi connectivity index (χ0) is 13.9. The lowest BCUT2D eigenvalue weighted by Gasteiger charge is -2.27. The molecule has 3 nitrogen and oxygen atoms in total. The van der Waals surface area contributed by atoms with E-state index in [1.54, 1.807) is 0 Å². The Labute approximate surface area is 120 Å². The molecule has 3 heteroatoms. The van der Waals surface area contributed by atoms with Gasteiger partial charge in [0.1, 0.15) is 0 Å². The Hall–Kier alpha value is -1.35. The first-order valence-corrected chi connectivity index (χ1v) is 7.84. The van der Waals surface area contributed by atoms with E-state index in [9.17, 15) is 4.79 Å². The summed E-state index contributed by atoms with van der Waals surface area (Å²) in [6.07, 6.45) is 6.72. The summed E-state index contributed by atoms with van der Waals surface area (Å²) in [5.41, 5.74) is 8.36. The summed E-state index contributed by atoms with van der Waals surface area (Å²) < 4.78 is 0. The maximum Gasteiger partial charge on any atom is 0.220 e. The first-order valence-electron chi connectivity index (χ1n) is 7.84. The number of nitrogens with one attached hydrogen (secondary N) is 1. The number of carbonyl (C=O) groups excluding carboxylic acids is 1. The molecule has 0 bridgehead atoms. The van der Waals surface area contributed by atoms with E-state index in [0.29, 0.717) is 6.04 Å². The Morgan fingerprint density at radius 3 is 2.45 bits per heavy atom. The van der Waals surface area contributed by atoms with Crippen LogP contribution >= 0.6 is 0 Å². The summed E-state index contributed by atoms with van der Waals surface area (Å²) in [5.74, 6) is 0.785. The Morgan fingerprint density at radius 2 is 1.80 bits per heavy atom. The van der Waals surface area contributed by atoms with Crippen LogP contribution in [0.4, 0.5) is 0 Å². The normalized spacial score (nSPS) is 26.4. The van der Waals surface area contributed by atoms with Gasteiger partial charge >= 0.3 is 0 Å². The summed E-state index contributed by atoms with van der Waals surface area (Å²) in [7, 11) is 0.